The Kier molecular flexibility index (Phi) is 2.45. The second kappa shape index (κ2) is 3.16. The smallest absolute Gasteiger partial charge is 0.414 e. The largest absolute Gasteiger partial charge is 1.00 e. The summed E-state index contributed by atoms with van der Waals surface area (Å²) in [5.41, 5.74) is 1.22. The quantitative estimate of drug-likeness (QED) is 0.256. The molecule has 0 aromatic heterocycles. The van der Waals surface area contributed by atoms with Crippen LogP contribution in [0, 0.1) is 6.10 Å². The van der Waals surface area contributed by atoms with Gasteiger partial charge in [0.25, 0.3) is 0 Å². The van der Waals surface area contributed by atoms with Gasteiger partial charge in [0.2, 0.25) is 0 Å². The van der Waals surface area contributed by atoms with Crippen molar-refractivity contribution in [2.45, 2.75) is 0 Å². The van der Waals surface area contributed by atoms with Gasteiger partial charge in [0.15, 0.2) is 0 Å². The average molecular weight is 126 g/mol. The van der Waals surface area contributed by atoms with Gasteiger partial charge in [-0.2, -0.15) is 17.7 Å². The minimum Gasteiger partial charge on any atom is -0.414 e. The predicted molar refractivity (Wildman–Crippen MR) is 34.7 cm³/mol. The molecule has 10 heavy (non-hydrogen) atoms. The number of ether oxygens (including phenoxy) is 1. The number of epoxide rings is 1. The Morgan fingerprint density at radius 2 is 1.80 bits per heavy atom. The molecule has 1 heterocycles. The Bertz CT molecular complexity index is 194. The summed E-state index contributed by atoms with van der Waals surface area (Å²) in [5, 5.41) is 0. The summed E-state index contributed by atoms with van der Waals surface area (Å²) >= 11 is 0. The molecule has 46 valence electrons. The number of benzene rings is 1. The second-order valence-corrected chi connectivity index (χ2v) is 2.08. The molecular weight excluding hydrogens is 119 g/mol. The van der Waals surface area contributed by atoms with Gasteiger partial charge in [0.1, 0.15) is 0 Å². The fraction of sp³-hybridized carbons (Fsp3) is 0.125. The zero-order valence-corrected chi connectivity index (χ0v) is 6.00. The third-order valence-electron chi connectivity index (χ3n) is 1.38. The molecule has 1 aromatic rings. The van der Waals surface area contributed by atoms with Crippen molar-refractivity contribution in [3.63, 3.8) is 0 Å². The minimum atomic E-state index is 0. The van der Waals surface area contributed by atoms with E-state index in [1.165, 1.54) is 5.56 Å². The van der Waals surface area contributed by atoms with Crippen molar-refractivity contribution in [3.8, 4) is 0 Å². The predicted octanol–water partition coefficient (Wildman–Crippen LogP) is -1.40. The third-order valence-corrected chi connectivity index (χ3v) is 1.38. The van der Waals surface area contributed by atoms with Crippen LogP contribution < -0.4 is 18.9 Å². The van der Waals surface area contributed by atoms with E-state index < -0.39 is 0 Å². The molecule has 0 spiro atoms. The van der Waals surface area contributed by atoms with E-state index in [1.54, 1.807) is 0 Å². The Morgan fingerprint density at radius 3 is 2.30 bits per heavy atom. The van der Waals surface area contributed by atoms with Gasteiger partial charge in [0, 0.05) is 6.61 Å². The van der Waals surface area contributed by atoms with E-state index in [1.807, 2.05) is 18.2 Å². The molecule has 2 heteroatoms. The maximum atomic E-state index is 5.01. The Balaban J connectivity index is 0.000000500. The molecule has 0 N–H and O–H groups in total. The molecule has 0 radical (unpaired) electrons. The van der Waals surface area contributed by atoms with Crippen LogP contribution in [0.15, 0.2) is 30.3 Å². The summed E-state index contributed by atoms with van der Waals surface area (Å²) in [5.74, 6) is 0. The van der Waals surface area contributed by atoms with E-state index >= 15 is 0 Å². The summed E-state index contributed by atoms with van der Waals surface area (Å²) in [4.78, 5) is 0. The molecule has 1 aromatic carbocycles. The number of rotatable bonds is 1. The van der Waals surface area contributed by atoms with Crippen molar-refractivity contribution in [1.82, 2.24) is 0 Å². The summed E-state index contributed by atoms with van der Waals surface area (Å²) in [6, 6.07) is 10.2. The first-order chi connectivity index (χ1) is 4.47. The maximum absolute atomic E-state index is 5.01. The fourth-order valence-electron chi connectivity index (χ4n) is 0.827. The van der Waals surface area contributed by atoms with E-state index in [0.717, 1.165) is 12.7 Å². The van der Waals surface area contributed by atoms with Crippen LogP contribution in [0.1, 0.15) is 5.56 Å². The zero-order chi connectivity index (χ0) is 6.10. The van der Waals surface area contributed by atoms with Crippen molar-refractivity contribution in [3.05, 3.63) is 42.0 Å². The average Bonchev–Trinajstić information content (AvgIpc) is 2.71. The molecule has 0 unspecified atom stereocenters. The molecule has 0 saturated carbocycles. The van der Waals surface area contributed by atoms with Crippen LogP contribution in [-0.4, -0.2) is 6.61 Å². The van der Waals surface area contributed by atoms with Gasteiger partial charge in [-0.05, 0) is 6.10 Å². The summed E-state index contributed by atoms with van der Waals surface area (Å²) < 4.78 is 5.01. The van der Waals surface area contributed by atoms with Gasteiger partial charge >= 0.3 is 18.9 Å². The van der Waals surface area contributed by atoms with Crippen molar-refractivity contribution >= 4 is 0 Å². The van der Waals surface area contributed by atoms with Crippen molar-refractivity contribution in [1.29, 1.82) is 0 Å². The first-order valence-corrected chi connectivity index (χ1v) is 3.01. The van der Waals surface area contributed by atoms with Gasteiger partial charge < -0.3 is 4.74 Å². The standard InChI is InChI=1S/C8H7O.Li/c1-2-4-7(5-3-1)8-6-9-8;/h1-5H,6H2;/q-1;+1. The van der Waals surface area contributed by atoms with Crippen LogP contribution in [0.25, 0.3) is 0 Å². The Labute approximate surface area is 72.6 Å². The topological polar surface area (TPSA) is 12.5 Å². The molecule has 1 nitrogen and oxygen atoms in total. The van der Waals surface area contributed by atoms with E-state index in [9.17, 15) is 0 Å². The molecule has 1 saturated heterocycles. The summed E-state index contributed by atoms with van der Waals surface area (Å²) in [7, 11) is 0. The molecular formula is C8H7LiO. The monoisotopic (exact) mass is 126 g/mol. The van der Waals surface area contributed by atoms with Crippen LogP contribution in [0.3, 0.4) is 0 Å². The van der Waals surface area contributed by atoms with Gasteiger partial charge in [-0.15, -0.1) is 12.1 Å². The molecule has 0 bridgehead atoms. The SMILES string of the molecule is [Li+].c1ccc([C-]2CO2)cc1. The molecule has 0 atom stereocenters. The van der Waals surface area contributed by atoms with Crippen LogP contribution >= 0.6 is 0 Å². The molecule has 2 rings (SSSR count). The number of hydrogen-bond donors (Lipinski definition) is 0. The molecule has 0 aliphatic carbocycles. The molecule has 0 amide bonds. The zero-order valence-electron chi connectivity index (χ0n) is 6.00. The Morgan fingerprint density at radius 1 is 1.20 bits per heavy atom. The van der Waals surface area contributed by atoms with Gasteiger partial charge in [-0.1, -0.05) is 6.07 Å². The fourth-order valence-corrected chi connectivity index (χ4v) is 0.827. The molecule has 1 aliphatic rings. The van der Waals surface area contributed by atoms with Crippen LogP contribution in [-0.2, 0) is 4.74 Å². The van der Waals surface area contributed by atoms with Gasteiger partial charge in [0.05, 0.1) is 0 Å². The summed E-state index contributed by atoms with van der Waals surface area (Å²) in [6.45, 7) is 0.823. The third kappa shape index (κ3) is 1.58. The normalized spacial score (nSPS) is 14.2. The van der Waals surface area contributed by atoms with E-state index in [-0.39, 0.29) is 18.9 Å². The minimum absolute atomic E-state index is 0. The summed E-state index contributed by atoms with van der Waals surface area (Å²) in [6.07, 6.45) is 1.12. The first kappa shape index (κ1) is 7.75. The van der Waals surface area contributed by atoms with E-state index in [4.69, 9.17) is 4.74 Å². The van der Waals surface area contributed by atoms with Crippen LogP contribution in [0.2, 0.25) is 0 Å². The van der Waals surface area contributed by atoms with E-state index in [0.29, 0.717) is 0 Å². The van der Waals surface area contributed by atoms with Gasteiger partial charge in [-0.3, -0.25) is 0 Å². The Hall–Kier alpha value is -0.353. The van der Waals surface area contributed by atoms with Crippen molar-refractivity contribution in [2.24, 2.45) is 0 Å². The van der Waals surface area contributed by atoms with Gasteiger partial charge in [-0.25, -0.2) is 0 Å². The van der Waals surface area contributed by atoms with Crippen LogP contribution in [0.5, 0.6) is 0 Å². The van der Waals surface area contributed by atoms with Crippen molar-refractivity contribution < 1.29 is 23.6 Å². The molecule has 1 aliphatic heterocycles. The number of hydrogen-bond acceptors (Lipinski definition) is 1. The van der Waals surface area contributed by atoms with Crippen molar-refractivity contribution in [2.75, 3.05) is 6.61 Å². The first-order valence-electron chi connectivity index (χ1n) is 3.01. The van der Waals surface area contributed by atoms with Crippen LogP contribution in [0.4, 0.5) is 0 Å². The maximum Gasteiger partial charge on any atom is 1.00 e. The second-order valence-electron chi connectivity index (χ2n) is 2.08. The molecule has 1 fully saturated rings. The van der Waals surface area contributed by atoms with E-state index in [2.05, 4.69) is 12.1 Å².